The fourth-order valence-corrected chi connectivity index (χ4v) is 2.51. The smallest absolute Gasteiger partial charge is 0.345 e. The summed E-state index contributed by atoms with van der Waals surface area (Å²) < 4.78 is 10.6. The minimum Gasteiger partial charge on any atom is -0.489 e. The molecule has 2 aromatic rings. The molecule has 1 aromatic heterocycles. The molecule has 6 nitrogen and oxygen atoms in total. The number of aromatic amines is 1. The van der Waals surface area contributed by atoms with Crippen LogP contribution in [0, 0.1) is 0 Å². The van der Waals surface area contributed by atoms with Gasteiger partial charge >= 0.3 is 5.97 Å². The SMILES string of the molecule is CCOC(=O)c1cnc(-c2cccc3c2OC(C)C3)[nH]c1=O. The van der Waals surface area contributed by atoms with Crippen molar-refractivity contribution in [1.29, 1.82) is 0 Å². The van der Waals surface area contributed by atoms with Gasteiger partial charge in [0, 0.05) is 12.6 Å². The van der Waals surface area contributed by atoms with Gasteiger partial charge in [0.05, 0.1) is 12.2 Å². The second kappa shape index (κ2) is 5.63. The topological polar surface area (TPSA) is 81.3 Å². The highest BCUT2D eigenvalue weighted by atomic mass is 16.5. The third kappa shape index (κ3) is 2.47. The Hall–Kier alpha value is -2.63. The van der Waals surface area contributed by atoms with Crippen LogP contribution in [0.2, 0.25) is 0 Å². The minimum atomic E-state index is -0.675. The maximum atomic E-state index is 12.1. The lowest BCUT2D eigenvalue weighted by Crippen LogP contribution is -2.21. The average molecular weight is 300 g/mol. The fraction of sp³-hybridized carbons (Fsp3) is 0.312. The molecule has 0 fully saturated rings. The summed E-state index contributed by atoms with van der Waals surface area (Å²) in [5.74, 6) is 0.442. The van der Waals surface area contributed by atoms with Gasteiger partial charge in [0.25, 0.3) is 5.56 Å². The highest BCUT2D eigenvalue weighted by molar-refractivity contribution is 5.88. The predicted octanol–water partition coefficient (Wildman–Crippen LogP) is 1.94. The number of hydrogen-bond donors (Lipinski definition) is 1. The Morgan fingerprint density at radius 2 is 2.32 bits per heavy atom. The Labute approximate surface area is 127 Å². The van der Waals surface area contributed by atoms with Crippen LogP contribution in [0.5, 0.6) is 5.75 Å². The highest BCUT2D eigenvalue weighted by Crippen LogP contribution is 2.36. The van der Waals surface area contributed by atoms with Crippen LogP contribution < -0.4 is 10.3 Å². The van der Waals surface area contributed by atoms with Gasteiger partial charge in [-0.05, 0) is 25.5 Å². The highest BCUT2D eigenvalue weighted by Gasteiger charge is 2.23. The molecule has 0 saturated heterocycles. The van der Waals surface area contributed by atoms with E-state index >= 15 is 0 Å². The minimum absolute atomic E-state index is 0.0988. The van der Waals surface area contributed by atoms with E-state index in [2.05, 4.69) is 9.97 Å². The number of hydrogen-bond acceptors (Lipinski definition) is 5. The number of H-pyrrole nitrogens is 1. The summed E-state index contributed by atoms with van der Waals surface area (Å²) in [5, 5.41) is 0. The Bertz CT molecular complexity index is 782. The van der Waals surface area contributed by atoms with Crippen LogP contribution in [0.3, 0.4) is 0 Å². The van der Waals surface area contributed by atoms with Gasteiger partial charge in [-0.1, -0.05) is 12.1 Å². The van der Waals surface area contributed by atoms with Crippen molar-refractivity contribution in [3.8, 4) is 17.1 Å². The van der Waals surface area contributed by atoms with Crippen molar-refractivity contribution < 1.29 is 14.3 Å². The molecule has 0 radical (unpaired) electrons. The average Bonchev–Trinajstić information content (AvgIpc) is 2.87. The number of esters is 1. The lowest BCUT2D eigenvalue weighted by atomic mass is 10.1. The zero-order valence-corrected chi connectivity index (χ0v) is 12.4. The molecule has 1 atom stereocenters. The maximum absolute atomic E-state index is 12.1. The van der Waals surface area contributed by atoms with E-state index in [1.54, 1.807) is 6.92 Å². The Balaban J connectivity index is 2.01. The van der Waals surface area contributed by atoms with Crippen molar-refractivity contribution in [3.05, 3.63) is 45.9 Å². The number of aromatic nitrogens is 2. The Kier molecular flexibility index (Phi) is 3.66. The summed E-state index contributed by atoms with van der Waals surface area (Å²) in [6, 6.07) is 5.72. The first-order valence-corrected chi connectivity index (χ1v) is 7.15. The molecule has 1 unspecified atom stereocenters. The first-order valence-electron chi connectivity index (χ1n) is 7.15. The standard InChI is InChI=1S/C16H16N2O4/c1-3-21-16(20)12-8-17-14(18-15(12)19)11-6-4-5-10-7-9(2)22-13(10)11/h4-6,8-9H,3,7H2,1-2H3,(H,17,18,19). The van der Waals surface area contributed by atoms with Crippen LogP contribution in [0.15, 0.2) is 29.2 Å². The normalized spacial score (nSPS) is 16.0. The molecule has 1 aliphatic rings. The molecule has 1 aromatic carbocycles. The molecular weight excluding hydrogens is 284 g/mol. The summed E-state index contributed by atoms with van der Waals surface area (Å²) in [6.07, 6.45) is 2.17. The molecule has 1 aliphatic heterocycles. The van der Waals surface area contributed by atoms with Crippen molar-refractivity contribution in [3.63, 3.8) is 0 Å². The number of para-hydroxylation sites is 1. The van der Waals surface area contributed by atoms with Crippen LogP contribution in [0.25, 0.3) is 11.4 Å². The van der Waals surface area contributed by atoms with Gasteiger partial charge < -0.3 is 14.5 Å². The summed E-state index contributed by atoms with van der Waals surface area (Å²) in [7, 11) is 0. The van der Waals surface area contributed by atoms with E-state index in [-0.39, 0.29) is 18.3 Å². The fourth-order valence-electron chi connectivity index (χ4n) is 2.51. The second-order valence-corrected chi connectivity index (χ2v) is 5.12. The zero-order valence-electron chi connectivity index (χ0n) is 12.4. The number of benzene rings is 1. The first-order chi connectivity index (χ1) is 10.6. The number of nitrogens with one attached hydrogen (secondary N) is 1. The molecular formula is C16H16N2O4. The molecule has 114 valence electrons. The first kappa shape index (κ1) is 14.3. The van der Waals surface area contributed by atoms with Crippen molar-refractivity contribution in [2.24, 2.45) is 0 Å². The van der Waals surface area contributed by atoms with Gasteiger partial charge in [0.1, 0.15) is 23.2 Å². The second-order valence-electron chi connectivity index (χ2n) is 5.12. The summed E-state index contributed by atoms with van der Waals surface area (Å²) in [5.41, 5.74) is 1.18. The van der Waals surface area contributed by atoms with E-state index in [0.717, 1.165) is 17.7 Å². The van der Waals surface area contributed by atoms with E-state index < -0.39 is 11.5 Å². The van der Waals surface area contributed by atoms with Gasteiger partial charge in [-0.3, -0.25) is 4.79 Å². The van der Waals surface area contributed by atoms with Crippen LogP contribution in [-0.4, -0.2) is 28.6 Å². The van der Waals surface area contributed by atoms with E-state index in [4.69, 9.17) is 9.47 Å². The lowest BCUT2D eigenvalue weighted by molar-refractivity contribution is 0.0524. The largest absolute Gasteiger partial charge is 0.489 e. The number of carbonyl (C=O) groups is 1. The molecule has 6 heteroatoms. The van der Waals surface area contributed by atoms with Crippen molar-refractivity contribution in [2.45, 2.75) is 26.4 Å². The predicted molar refractivity (Wildman–Crippen MR) is 80.0 cm³/mol. The molecule has 0 amide bonds. The van der Waals surface area contributed by atoms with Gasteiger partial charge in [-0.15, -0.1) is 0 Å². The Morgan fingerprint density at radius 1 is 1.50 bits per heavy atom. The quantitative estimate of drug-likeness (QED) is 0.876. The summed E-state index contributed by atoms with van der Waals surface area (Å²) in [6.45, 7) is 3.88. The zero-order chi connectivity index (χ0) is 15.7. The van der Waals surface area contributed by atoms with Crippen LogP contribution in [-0.2, 0) is 11.2 Å². The van der Waals surface area contributed by atoms with E-state index in [1.807, 2.05) is 25.1 Å². The van der Waals surface area contributed by atoms with E-state index in [1.165, 1.54) is 6.20 Å². The number of fused-ring (bicyclic) bond motifs is 1. The van der Waals surface area contributed by atoms with Crippen LogP contribution >= 0.6 is 0 Å². The van der Waals surface area contributed by atoms with Crippen molar-refractivity contribution in [1.82, 2.24) is 9.97 Å². The van der Waals surface area contributed by atoms with Gasteiger partial charge in [0.15, 0.2) is 0 Å². The van der Waals surface area contributed by atoms with Crippen molar-refractivity contribution >= 4 is 5.97 Å². The van der Waals surface area contributed by atoms with Gasteiger partial charge in [-0.2, -0.15) is 0 Å². The van der Waals surface area contributed by atoms with Crippen LogP contribution in [0.4, 0.5) is 0 Å². The number of nitrogens with zero attached hydrogens (tertiary/aromatic N) is 1. The molecule has 0 aliphatic carbocycles. The maximum Gasteiger partial charge on any atom is 0.345 e. The van der Waals surface area contributed by atoms with Crippen molar-refractivity contribution in [2.75, 3.05) is 6.61 Å². The Morgan fingerprint density at radius 3 is 3.05 bits per heavy atom. The molecule has 0 saturated carbocycles. The molecule has 22 heavy (non-hydrogen) atoms. The summed E-state index contributed by atoms with van der Waals surface area (Å²) >= 11 is 0. The molecule has 2 heterocycles. The number of carbonyl (C=O) groups excluding carboxylic acids is 1. The number of rotatable bonds is 3. The molecule has 1 N–H and O–H groups in total. The van der Waals surface area contributed by atoms with Gasteiger partial charge in [0.2, 0.25) is 0 Å². The third-order valence-electron chi connectivity index (χ3n) is 3.47. The lowest BCUT2D eigenvalue weighted by Gasteiger charge is -2.09. The van der Waals surface area contributed by atoms with Crippen LogP contribution in [0.1, 0.15) is 29.8 Å². The number of ether oxygens (including phenoxy) is 2. The molecule has 0 bridgehead atoms. The van der Waals surface area contributed by atoms with E-state index in [0.29, 0.717) is 11.4 Å². The third-order valence-corrected chi connectivity index (χ3v) is 3.47. The van der Waals surface area contributed by atoms with Gasteiger partial charge in [-0.25, -0.2) is 9.78 Å². The molecule has 0 spiro atoms. The summed E-state index contributed by atoms with van der Waals surface area (Å²) in [4.78, 5) is 30.5. The molecule has 3 rings (SSSR count). The monoisotopic (exact) mass is 300 g/mol. The van der Waals surface area contributed by atoms with E-state index in [9.17, 15) is 9.59 Å².